The number of nitrogens with two attached hydrogens (primary N) is 1. The molecule has 2 rings (SSSR count). The minimum Gasteiger partial charge on any atom is -0.329 e. The lowest BCUT2D eigenvalue weighted by Crippen LogP contribution is -2.58. The number of nitrogens with one attached hydrogen (secondary N) is 1. The molecule has 3 atom stereocenters. The Morgan fingerprint density at radius 3 is 2.17 bits per heavy atom. The molecule has 0 aromatic rings. The van der Waals surface area contributed by atoms with E-state index in [1.54, 1.807) is 0 Å². The lowest BCUT2D eigenvalue weighted by molar-refractivity contribution is 0.134. The van der Waals surface area contributed by atoms with Crippen LogP contribution in [0.4, 0.5) is 0 Å². The van der Waals surface area contributed by atoms with Crippen molar-refractivity contribution in [1.82, 2.24) is 5.32 Å². The predicted molar refractivity (Wildman–Crippen MR) is 78.5 cm³/mol. The number of rotatable bonds is 3. The second-order valence-electron chi connectivity index (χ2n) is 8.09. The van der Waals surface area contributed by atoms with E-state index in [1.807, 2.05) is 0 Å². The average Bonchev–Trinajstić information content (AvgIpc) is 2.56. The van der Waals surface area contributed by atoms with E-state index in [0.717, 1.165) is 18.4 Å². The summed E-state index contributed by atoms with van der Waals surface area (Å²) in [5.41, 5.74) is 6.90. The van der Waals surface area contributed by atoms with Crippen LogP contribution in [-0.4, -0.2) is 18.1 Å². The maximum absolute atomic E-state index is 6.15. The second kappa shape index (κ2) is 5.13. The van der Waals surface area contributed by atoms with Crippen molar-refractivity contribution >= 4 is 0 Å². The molecular weight excluding hydrogens is 220 g/mol. The maximum Gasteiger partial charge on any atom is 0.0311 e. The molecule has 0 aromatic heterocycles. The van der Waals surface area contributed by atoms with Gasteiger partial charge in [-0.05, 0) is 55.8 Å². The van der Waals surface area contributed by atoms with Gasteiger partial charge in [0.05, 0.1) is 0 Å². The molecule has 2 nitrogen and oxygen atoms in total. The van der Waals surface area contributed by atoms with Gasteiger partial charge in [-0.15, -0.1) is 0 Å². The lowest BCUT2D eigenvalue weighted by atomic mass is 9.71. The van der Waals surface area contributed by atoms with Crippen molar-refractivity contribution in [1.29, 1.82) is 0 Å². The molecule has 0 bridgehead atoms. The molecule has 0 spiro atoms. The van der Waals surface area contributed by atoms with Gasteiger partial charge in [-0.2, -0.15) is 0 Å². The zero-order valence-corrected chi connectivity index (χ0v) is 12.8. The summed E-state index contributed by atoms with van der Waals surface area (Å²) in [4.78, 5) is 0. The average molecular weight is 252 g/mol. The first kappa shape index (κ1) is 14.3. The Balaban J connectivity index is 2.00. The van der Waals surface area contributed by atoms with Crippen LogP contribution < -0.4 is 11.1 Å². The minimum absolute atomic E-state index is 0.224. The molecule has 2 saturated carbocycles. The van der Waals surface area contributed by atoms with Crippen LogP contribution in [0.1, 0.15) is 66.2 Å². The molecular formula is C16H32N2. The molecule has 0 saturated heterocycles. The summed E-state index contributed by atoms with van der Waals surface area (Å²) in [7, 11) is 0. The molecule has 18 heavy (non-hydrogen) atoms. The molecule has 3 N–H and O–H groups in total. The van der Waals surface area contributed by atoms with Crippen LogP contribution in [0.3, 0.4) is 0 Å². The number of hydrogen-bond acceptors (Lipinski definition) is 2. The summed E-state index contributed by atoms with van der Waals surface area (Å²) >= 11 is 0. The smallest absolute Gasteiger partial charge is 0.0311 e. The van der Waals surface area contributed by atoms with Gasteiger partial charge < -0.3 is 11.1 Å². The van der Waals surface area contributed by atoms with Gasteiger partial charge >= 0.3 is 0 Å². The summed E-state index contributed by atoms with van der Waals surface area (Å²) in [6, 6.07) is 0.695. The van der Waals surface area contributed by atoms with Crippen molar-refractivity contribution in [3.8, 4) is 0 Å². The summed E-state index contributed by atoms with van der Waals surface area (Å²) < 4.78 is 0. The highest BCUT2D eigenvalue weighted by Gasteiger charge is 2.40. The van der Waals surface area contributed by atoms with Crippen molar-refractivity contribution in [2.75, 3.05) is 6.54 Å². The lowest BCUT2D eigenvalue weighted by Gasteiger charge is -2.45. The summed E-state index contributed by atoms with van der Waals surface area (Å²) in [6.07, 6.45) is 7.92. The van der Waals surface area contributed by atoms with Crippen molar-refractivity contribution in [3.05, 3.63) is 0 Å². The largest absolute Gasteiger partial charge is 0.329 e. The Labute approximate surface area is 113 Å². The Kier molecular flexibility index (Phi) is 4.08. The van der Waals surface area contributed by atoms with Crippen molar-refractivity contribution < 1.29 is 0 Å². The SMILES string of the molecule is CC1CC(C)CC(CN)(NC2CCC(C)(C)C2)C1. The van der Waals surface area contributed by atoms with Crippen molar-refractivity contribution in [3.63, 3.8) is 0 Å². The predicted octanol–water partition coefficient (Wildman–Crippen LogP) is 3.31. The molecule has 0 aliphatic heterocycles. The molecule has 0 aromatic carbocycles. The van der Waals surface area contributed by atoms with Gasteiger partial charge in [0, 0.05) is 18.1 Å². The Morgan fingerprint density at radius 2 is 1.72 bits per heavy atom. The van der Waals surface area contributed by atoms with Crippen LogP contribution in [0.15, 0.2) is 0 Å². The Morgan fingerprint density at radius 1 is 1.11 bits per heavy atom. The van der Waals surface area contributed by atoms with E-state index in [2.05, 4.69) is 33.0 Å². The molecule has 2 aliphatic carbocycles. The standard InChI is InChI=1S/C16H32N2/c1-12-7-13(2)9-16(8-12,11-17)18-14-5-6-15(3,4)10-14/h12-14,18H,5-11,17H2,1-4H3. The van der Waals surface area contributed by atoms with Crippen molar-refractivity contribution in [2.45, 2.75) is 77.8 Å². The molecule has 2 heteroatoms. The highest BCUT2D eigenvalue weighted by atomic mass is 15.0. The van der Waals surface area contributed by atoms with Gasteiger partial charge in [-0.1, -0.05) is 27.7 Å². The first-order valence-electron chi connectivity index (χ1n) is 7.82. The third-order valence-corrected chi connectivity index (χ3v) is 5.15. The van der Waals surface area contributed by atoms with Gasteiger partial charge in [0.1, 0.15) is 0 Å². The minimum atomic E-state index is 0.224. The molecule has 2 fully saturated rings. The first-order chi connectivity index (χ1) is 8.34. The summed E-state index contributed by atoms with van der Waals surface area (Å²) in [5.74, 6) is 1.64. The summed E-state index contributed by atoms with van der Waals surface area (Å²) in [5, 5.41) is 3.97. The van der Waals surface area contributed by atoms with E-state index in [4.69, 9.17) is 5.73 Å². The van der Waals surface area contributed by atoms with E-state index in [1.165, 1.54) is 38.5 Å². The van der Waals surface area contributed by atoms with Gasteiger partial charge in [-0.25, -0.2) is 0 Å². The highest BCUT2D eigenvalue weighted by molar-refractivity contribution is 5.00. The van der Waals surface area contributed by atoms with E-state index in [0.29, 0.717) is 11.5 Å². The zero-order valence-electron chi connectivity index (χ0n) is 12.8. The van der Waals surface area contributed by atoms with Gasteiger partial charge in [0.2, 0.25) is 0 Å². The molecule has 106 valence electrons. The molecule has 2 aliphatic rings. The monoisotopic (exact) mass is 252 g/mol. The molecule has 0 heterocycles. The second-order valence-corrected chi connectivity index (χ2v) is 8.09. The van der Waals surface area contributed by atoms with E-state index in [9.17, 15) is 0 Å². The van der Waals surface area contributed by atoms with E-state index in [-0.39, 0.29) is 5.54 Å². The van der Waals surface area contributed by atoms with Gasteiger partial charge in [-0.3, -0.25) is 0 Å². The zero-order chi connectivity index (χ0) is 13.4. The fourth-order valence-electron chi connectivity index (χ4n) is 4.61. The van der Waals surface area contributed by atoms with Crippen LogP contribution in [-0.2, 0) is 0 Å². The van der Waals surface area contributed by atoms with Crippen LogP contribution in [0, 0.1) is 17.3 Å². The normalized spacial score (nSPS) is 44.2. The van der Waals surface area contributed by atoms with Crippen LogP contribution in [0.2, 0.25) is 0 Å². The molecule has 0 amide bonds. The van der Waals surface area contributed by atoms with E-state index < -0.39 is 0 Å². The summed E-state index contributed by atoms with van der Waals surface area (Å²) in [6.45, 7) is 10.4. The van der Waals surface area contributed by atoms with Gasteiger partial charge in [0.25, 0.3) is 0 Å². The number of hydrogen-bond donors (Lipinski definition) is 2. The quantitative estimate of drug-likeness (QED) is 0.809. The van der Waals surface area contributed by atoms with Crippen LogP contribution in [0.5, 0.6) is 0 Å². The van der Waals surface area contributed by atoms with Gasteiger partial charge in [0.15, 0.2) is 0 Å². The third-order valence-electron chi connectivity index (χ3n) is 5.15. The fraction of sp³-hybridized carbons (Fsp3) is 1.00. The molecule has 3 unspecified atom stereocenters. The Hall–Kier alpha value is -0.0800. The Bertz CT molecular complexity index is 275. The molecule has 0 radical (unpaired) electrons. The van der Waals surface area contributed by atoms with Crippen molar-refractivity contribution in [2.24, 2.45) is 23.0 Å². The van der Waals surface area contributed by atoms with Crippen LogP contribution >= 0.6 is 0 Å². The highest BCUT2D eigenvalue weighted by Crippen LogP contribution is 2.41. The fourth-order valence-corrected chi connectivity index (χ4v) is 4.61. The van der Waals surface area contributed by atoms with E-state index >= 15 is 0 Å². The topological polar surface area (TPSA) is 38.0 Å². The first-order valence-corrected chi connectivity index (χ1v) is 7.82. The third kappa shape index (κ3) is 3.27. The maximum atomic E-state index is 6.15. The van der Waals surface area contributed by atoms with Crippen LogP contribution in [0.25, 0.3) is 0 Å².